The van der Waals surface area contributed by atoms with Crippen molar-refractivity contribution >= 4 is 31.9 Å². The van der Waals surface area contributed by atoms with Gasteiger partial charge in [-0.25, -0.2) is 26.3 Å². The van der Waals surface area contributed by atoms with Crippen molar-refractivity contribution in [1.29, 1.82) is 0 Å². The van der Waals surface area contributed by atoms with Gasteiger partial charge in [-0.15, -0.1) is 0 Å². The van der Waals surface area contributed by atoms with Crippen molar-refractivity contribution in [2.75, 3.05) is 65.2 Å². The highest BCUT2D eigenvalue weighted by atomic mass is 32.2. The highest BCUT2D eigenvalue weighted by molar-refractivity contribution is 7.89. The number of nitrogens with one attached hydrogen (secondary N) is 2. The molecule has 2 aromatic carbocycles. The third-order valence-corrected chi connectivity index (χ3v) is 13.1. The van der Waals surface area contributed by atoms with Gasteiger partial charge in [-0.3, -0.25) is 9.59 Å². The standard InChI is InChI=1S/2C20H28N2O6S/c2*1-29(24,25)21-16-6-4-10-22-17(16)12-26-14-8-9-19(27-11-14)15-5-2-3-7-18(15)28-13-20(22)23/h2*2-3,5,7,14,16-17,19,21H,4,6,8-13H2,1H3/t14-,16+,17+,19-;14-,16-,17-,19-/m10/s1. The number of fused-ring (bicyclic) bond motifs is 10. The van der Waals surface area contributed by atoms with Crippen molar-refractivity contribution in [2.45, 2.75) is 99.9 Å². The second-order valence-corrected chi connectivity index (χ2v) is 19.5. The lowest BCUT2D eigenvalue weighted by molar-refractivity contribution is -0.142. The van der Waals surface area contributed by atoms with Crippen molar-refractivity contribution < 1.29 is 54.8 Å². The average molecular weight is 849 g/mol. The highest BCUT2D eigenvalue weighted by Crippen LogP contribution is 2.37. The predicted octanol–water partition coefficient (Wildman–Crippen LogP) is 2.45. The zero-order valence-corrected chi connectivity index (χ0v) is 34.8. The number of para-hydroxylation sites is 2. The van der Waals surface area contributed by atoms with E-state index in [0.717, 1.165) is 62.2 Å². The molecular formula is C40H56N4O12S2. The van der Waals surface area contributed by atoms with Crippen molar-refractivity contribution in [3.63, 3.8) is 0 Å². The van der Waals surface area contributed by atoms with Crippen LogP contribution in [-0.2, 0) is 48.6 Å². The largest absolute Gasteiger partial charge is 0.483 e. The van der Waals surface area contributed by atoms with Crippen molar-refractivity contribution in [1.82, 2.24) is 19.2 Å². The summed E-state index contributed by atoms with van der Waals surface area (Å²) in [6.45, 7) is 2.38. The first-order chi connectivity index (χ1) is 27.8. The molecule has 2 aromatic rings. The number of carbonyl (C=O) groups excluding carboxylic acids is 2. The van der Waals surface area contributed by atoms with E-state index in [0.29, 0.717) is 50.6 Å². The smallest absolute Gasteiger partial charge is 0.260 e. The molecule has 18 heteroatoms. The SMILES string of the molecule is CS(=O)(=O)N[C@H]1CCCN2C(=O)COc3ccccc3[C@@H]3CC[C@@H](CO3)OC[C@@H]12.CS(=O)(=O)N[C@H]1CCCN2C(=O)COc3ccccc3[C@H]3CC[C@H](CO3)OC[C@@H]12. The summed E-state index contributed by atoms with van der Waals surface area (Å²) in [5, 5.41) is 0. The van der Waals surface area contributed by atoms with Crippen LogP contribution in [0.25, 0.3) is 0 Å². The van der Waals surface area contributed by atoms with Gasteiger partial charge in [0.25, 0.3) is 11.8 Å². The molecule has 4 fully saturated rings. The number of amides is 2. The maximum Gasteiger partial charge on any atom is 0.260 e. The number of benzene rings is 2. The van der Waals surface area contributed by atoms with Crippen LogP contribution in [0.15, 0.2) is 48.5 Å². The lowest BCUT2D eigenvalue weighted by atomic mass is 9.97. The Morgan fingerprint density at radius 3 is 1.34 bits per heavy atom. The van der Waals surface area contributed by atoms with Crippen molar-refractivity contribution in [2.24, 2.45) is 0 Å². The molecule has 8 atom stereocenters. The normalized spacial score (nSPS) is 30.9. The number of nitrogens with zero attached hydrogens (tertiary/aromatic N) is 2. The molecule has 16 nitrogen and oxygen atoms in total. The van der Waals surface area contributed by atoms with Gasteiger partial charge in [0.2, 0.25) is 20.0 Å². The Balaban J connectivity index is 0.000000177. The van der Waals surface area contributed by atoms with Crippen LogP contribution >= 0.6 is 0 Å². The summed E-state index contributed by atoms with van der Waals surface area (Å²) >= 11 is 0. The minimum atomic E-state index is -3.40. The molecule has 2 N–H and O–H groups in total. The zero-order valence-electron chi connectivity index (χ0n) is 33.2. The third-order valence-electron chi connectivity index (χ3n) is 11.6. The van der Waals surface area contributed by atoms with E-state index >= 15 is 0 Å². The summed E-state index contributed by atoms with van der Waals surface area (Å²) in [6, 6.07) is 13.8. The van der Waals surface area contributed by atoms with Crippen molar-refractivity contribution in [3.05, 3.63) is 59.7 Å². The van der Waals surface area contributed by atoms with E-state index in [-0.39, 0.29) is 86.8 Å². The quantitative estimate of drug-likeness (QED) is 0.459. The van der Waals surface area contributed by atoms with E-state index in [1.165, 1.54) is 0 Å². The molecule has 0 unspecified atom stereocenters. The number of hydrogen-bond acceptors (Lipinski definition) is 12. The number of carbonyl (C=O) groups is 2. The first-order valence-corrected chi connectivity index (χ1v) is 24.0. The summed E-state index contributed by atoms with van der Waals surface area (Å²) in [4.78, 5) is 29.4. The zero-order chi connectivity index (χ0) is 40.9. The fourth-order valence-corrected chi connectivity index (χ4v) is 10.5. The van der Waals surface area contributed by atoms with Gasteiger partial charge in [0.15, 0.2) is 13.2 Å². The topological polar surface area (TPSA) is 188 Å². The Labute approximate surface area is 341 Å². The van der Waals surface area contributed by atoms with Crippen molar-refractivity contribution in [3.8, 4) is 11.5 Å². The molecule has 4 bridgehead atoms. The molecule has 0 spiro atoms. The van der Waals surface area contributed by atoms with Gasteiger partial charge in [-0.2, -0.15) is 0 Å². The second kappa shape index (κ2) is 18.9. The highest BCUT2D eigenvalue weighted by Gasteiger charge is 2.39. The summed E-state index contributed by atoms with van der Waals surface area (Å²) in [6.07, 6.45) is 8.04. The fourth-order valence-electron chi connectivity index (χ4n) is 8.85. The van der Waals surface area contributed by atoms with Gasteiger partial charge < -0.3 is 38.2 Å². The summed E-state index contributed by atoms with van der Waals surface area (Å²) in [5.41, 5.74) is 1.90. The molecule has 4 saturated heterocycles. The van der Waals surface area contributed by atoms with Crippen LogP contribution in [0.4, 0.5) is 0 Å². The van der Waals surface area contributed by atoms with E-state index in [1.807, 2.05) is 48.5 Å². The first kappa shape index (κ1) is 42.8. The molecule has 8 aliphatic rings. The molecule has 0 aromatic heterocycles. The maximum absolute atomic E-state index is 13.0. The predicted molar refractivity (Wildman–Crippen MR) is 212 cm³/mol. The van der Waals surface area contributed by atoms with Crippen LogP contribution < -0.4 is 18.9 Å². The minimum Gasteiger partial charge on any atom is -0.483 e. The number of ether oxygens (including phenoxy) is 6. The van der Waals surface area contributed by atoms with Gasteiger partial charge in [0.1, 0.15) is 11.5 Å². The van der Waals surface area contributed by atoms with Crippen LogP contribution in [-0.4, -0.2) is 140 Å². The Morgan fingerprint density at radius 1 is 0.552 bits per heavy atom. The lowest BCUT2D eigenvalue weighted by Gasteiger charge is -2.41. The van der Waals surface area contributed by atoms with E-state index in [4.69, 9.17) is 28.4 Å². The number of hydrogen-bond donors (Lipinski definition) is 2. The lowest BCUT2D eigenvalue weighted by Crippen LogP contribution is -2.59. The summed E-state index contributed by atoms with van der Waals surface area (Å²) in [7, 11) is -6.80. The first-order valence-electron chi connectivity index (χ1n) is 20.2. The molecule has 320 valence electrons. The Kier molecular flexibility index (Phi) is 13.9. The van der Waals surface area contributed by atoms with Crippen LogP contribution in [0.2, 0.25) is 0 Å². The van der Waals surface area contributed by atoms with Crippen LogP contribution in [0.3, 0.4) is 0 Å². The Morgan fingerprint density at radius 2 is 0.966 bits per heavy atom. The van der Waals surface area contributed by atoms with E-state index in [1.54, 1.807) is 9.80 Å². The third kappa shape index (κ3) is 11.1. The average Bonchev–Trinajstić information content (AvgIpc) is 3.23. The van der Waals surface area contributed by atoms with Gasteiger partial charge in [0.05, 0.1) is 75.4 Å². The van der Waals surface area contributed by atoms with Gasteiger partial charge in [-0.05, 0) is 63.5 Å². The van der Waals surface area contributed by atoms with E-state index in [9.17, 15) is 26.4 Å². The number of piperidine rings is 2. The molecule has 8 heterocycles. The van der Waals surface area contributed by atoms with Crippen LogP contribution in [0.1, 0.15) is 74.7 Å². The fraction of sp³-hybridized carbons (Fsp3) is 0.650. The Hall–Kier alpha value is -3.36. The van der Waals surface area contributed by atoms with Gasteiger partial charge >= 0.3 is 0 Å². The molecular weight excluding hydrogens is 793 g/mol. The summed E-state index contributed by atoms with van der Waals surface area (Å²) in [5.74, 6) is 0.981. The molecule has 10 rings (SSSR count). The molecule has 58 heavy (non-hydrogen) atoms. The molecule has 0 saturated carbocycles. The minimum absolute atomic E-state index is 0.0714. The van der Waals surface area contributed by atoms with E-state index in [2.05, 4.69) is 9.44 Å². The van der Waals surface area contributed by atoms with Crippen LogP contribution in [0.5, 0.6) is 11.5 Å². The van der Waals surface area contributed by atoms with Gasteiger partial charge in [-0.1, -0.05) is 36.4 Å². The van der Waals surface area contributed by atoms with Crippen LogP contribution in [0, 0.1) is 0 Å². The molecule has 0 radical (unpaired) electrons. The van der Waals surface area contributed by atoms with Gasteiger partial charge in [0, 0.05) is 36.3 Å². The molecule has 8 aliphatic heterocycles. The molecule has 0 aliphatic carbocycles. The maximum atomic E-state index is 13.0. The second-order valence-electron chi connectivity index (χ2n) is 15.9. The summed E-state index contributed by atoms with van der Waals surface area (Å²) < 4.78 is 88.8. The number of rotatable bonds is 4. The monoisotopic (exact) mass is 848 g/mol. The number of sulfonamides is 2. The Bertz CT molecular complexity index is 1810. The van der Waals surface area contributed by atoms with E-state index < -0.39 is 20.0 Å². The molecule has 2 amide bonds.